The summed E-state index contributed by atoms with van der Waals surface area (Å²) in [4.78, 5) is 6.30. The quantitative estimate of drug-likeness (QED) is 0.684. The molecule has 0 atom stereocenters. The van der Waals surface area contributed by atoms with Crippen molar-refractivity contribution in [2.24, 2.45) is 0 Å². The molecule has 3 N–H and O–H groups in total. The first kappa shape index (κ1) is 15.3. The van der Waals surface area contributed by atoms with Crippen molar-refractivity contribution in [2.45, 2.75) is 13.5 Å². The number of phenolic OH excluding ortho intramolecular Hbond substituents is 1. The zero-order valence-electron chi connectivity index (χ0n) is 13.8. The summed E-state index contributed by atoms with van der Waals surface area (Å²) in [5, 5.41) is 28.8. The van der Waals surface area contributed by atoms with Crippen LogP contribution in [0.2, 0.25) is 0 Å². The number of phenols is 1. The number of amidine groups is 1. The Hall–Kier alpha value is -3.28. The predicted octanol–water partition coefficient (Wildman–Crippen LogP) is 3.53. The third-order valence-corrected chi connectivity index (χ3v) is 4.44. The first-order valence-corrected chi connectivity index (χ1v) is 8.13. The number of aliphatic hydroxyl groups excluding tert-OH is 1. The highest BCUT2D eigenvalue weighted by molar-refractivity contribution is 6.30. The number of hydrogen-bond acceptors (Lipinski definition) is 4. The molecule has 0 bridgehead atoms. The first-order chi connectivity index (χ1) is 12.1. The van der Waals surface area contributed by atoms with E-state index in [9.17, 15) is 10.2 Å². The van der Waals surface area contributed by atoms with Crippen LogP contribution in [-0.4, -0.2) is 32.1 Å². The van der Waals surface area contributed by atoms with Crippen LogP contribution in [0.25, 0.3) is 16.6 Å². The van der Waals surface area contributed by atoms with Crippen LogP contribution in [0.4, 0.5) is 5.69 Å². The van der Waals surface area contributed by atoms with Crippen molar-refractivity contribution < 1.29 is 10.2 Å². The molecule has 0 radical (unpaired) electrons. The van der Waals surface area contributed by atoms with E-state index in [1.165, 1.54) is 0 Å². The van der Waals surface area contributed by atoms with Crippen molar-refractivity contribution in [1.82, 2.24) is 9.55 Å². The molecular weight excluding hydrogens is 316 g/mol. The number of aromatic hydroxyl groups is 1. The van der Waals surface area contributed by atoms with Crippen molar-refractivity contribution in [3.63, 3.8) is 0 Å². The Morgan fingerprint density at radius 1 is 1.12 bits per heavy atom. The third kappa shape index (κ3) is 2.34. The monoisotopic (exact) mass is 334 g/mol. The Labute approximate surface area is 144 Å². The van der Waals surface area contributed by atoms with Gasteiger partial charge in [-0.2, -0.15) is 0 Å². The maximum absolute atomic E-state index is 10.5. The van der Waals surface area contributed by atoms with E-state index in [1.54, 1.807) is 29.2 Å². The molecule has 3 aromatic rings. The fraction of sp³-hybridized carbons (Fsp3) is 0.158. The minimum atomic E-state index is 0.110. The molecule has 1 aliphatic rings. The molecule has 0 amide bonds. The molecule has 0 fully saturated rings. The number of aryl methyl sites for hydroxylation is 1. The zero-order chi connectivity index (χ0) is 17.6. The van der Waals surface area contributed by atoms with Gasteiger partial charge >= 0.3 is 0 Å². The van der Waals surface area contributed by atoms with Crippen LogP contribution in [0, 0.1) is 5.41 Å². The van der Waals surface area contributed by atoms with Crippen LogP contribution in [-0.2, 0) is 6.54 Å². The molecule has 1 aliphatic heterocycles. The highest BCUT2D eigenvalue weighted by atomic mass is 16.3. The number of anilines is 1. The van der Waals surface area contributed by atoms with Gasteiger partial charge in [0.1, 0.15) is 23.2 Å². The van der Waals surface area contributed by atoms with Gasteiger partial charge in [0.2, 0.25) is 0 Å². The second kappa shape index (κ2) is 5.66. The molecule has 0 spiro atoms. The van der Waals surface area contributed by atoms with Gasteiger partial charge in [0.25, 0.3) is 0 Å². The minimum Gasteiger partial charge on any atom is -0.509 e. The highest BCUT2D eigenvalue weighted by Crippen LogP contribution is 2.33. The molecule has 0 aliphatic carbocycles. The van der Waals surface area contributed by atoms with E-state index in [0.717, 1.165) is 11.0 Å². The molecule has 0 saturated heterocycles. The van der Waals surface area contributed by atoms with Crippen LogP contribution < -0.4 is 4.90 Å². The molecule has 6 heteroatoms. The van der Waals surface area contributed by atoms with Gasteiger partial charge < -0.3 is 19.7 Å². The average molecular weight is 334 g/mol. The molecule has 25 heavy (non-hydrogen) atoms. The van der Waals surface area contributed by atoms with Crippen molar-refractivity contribution in [2.75, 3.05) is 11.4 Å². The lowest BCUT2D eigenvalue weighted by atomic mass is 10.2. The molecule has 0 saturated carbocycles. The molecule has 2 heterocycles. The van der Waals surface area contributed by atoms with E-state index < -0.39 is 0 Å². The smallest absolute Gasteiger partial charge is 0.148 e. The summed E-state index contributed by atoms with van der Waals surface area (Å²) in [6, 6.07) is 14.5. The summed E-state index contributed by atoms with van der Waals surface area (Å²) in [6.07, 6.45) is 0. The van der Waals surface area contributed by atoms with Crippen molar-refractivity contribution in [1.29, 1.82) is 5.41 Å². The van der Waals surface area contributed by atoms with Gasteiger partial charge in [-0.05, 0) is 31.2 Å². The van der Waals surface area contributed by atoms with E-state index in [4.69, 9.17) is 5.41 Å². The number of aromatic nitrogens is 2. The minimum absolute atomic E-state index is 0.110. The van der Waals surface area contributed by atoms with Gasteiger partial charge in [-0.25, -0.2) is 4.98 Å². The topological polar surface area (TPSA) is 85.4 Å². The maximum Gasteiger partial charge on any atom is 0.148 e. The first-order valence-electron chi connectivity index (χ1n) is 8.13. The number of imidazole rings is 1. The van der Waals surface area contributed by atoms with E-state index >= 15 is 0 Å². The normalized spacial score (nSPS) is 14.8. The van der Waals surface area contributed by atoms with Gasteiger partial charge in [-0.15, -0.1) is 0 Å². The van der Waals surface area contributed by atoms with Gasteiger partial charge in [0.05, 0.1) is 23.2 Å². The zero-order valence-corrected chi connectivity index (χ0v) is 13.8. The Morgan fingerprint density at radius 3 is 2.68 bits per heavy atom. The lowest BCUT2D eigenvalue weighted by Gasteiger charge is -2.19. The number of rotatable bonds is 3. The Kier molecular flexibility index (Phi) is 3.46. The largest absolute Gasteiger partial charge is 0.509 e. The standard InChI is InChI=1S/C19H18N4O2/c1-2-22-15-9-4-3-8-14(15)21-19(22)17-16(25)11-23(18(17)20)12-6-5-7-13(24)10-12/h3-10,20,24-25H,2,11H2,1H3. The molecule has 0 unspecified atom stereocenters. The van der Waals surface area contributed by atoms with Crippen molar-refractivity contribution >= 4 is 28.1 Å². The van der Waals surface area contributed by atoms with Crippen LogP contribution in [0.1, 0.15) is 12.7 Å². The summed E-state index contributed by atoms with van der Waals surface area (Å²) in [5.74, 6) is 0.999. The summed E-state index contributed by atoms with van der Waals surface area (Å²) >= 11 is 0. The van der Waals surface area contributed by atoms with E-state index in [0.29, 0.717) is 23.6 Å². The lowest BCUT2D eigenvalue weighted by Crippen LogP contribution is -2.26. The van der Waals surface area contributed by atoms with E-state index in [2.05, 4.69) is 4.98 Å². The third-order valence-electron chi connectivity index (χ3n) is 4.44. The summed E-state index contributed by atoms with van der Waals surface area (Å²) in [6.45, 7) is 2.89. The number of hydrogen-bond donors (Lipinski definition) is 3. The van der Waals surface area contributed by atoms with Gasteiger partial charge in [-0.1, -0.05) is 18.2 Å². The number of para-hydroxylation sites is 2. The number of nitrogens with zero attached hydrogens (tertiary/aromatic N) is 3. The number of nitrogens with one attached hydrogen (secondary N) is 1. The maximum atomic E-state index is 10.5. The molecule has 2 aromatic carbocycles. The second-order valence-electron chi connectivity index (χ2n) is 5.94. The lowest BCUT2D eigenvalue weighted by molar-refractivity contribution is 0.411. The number of benzene rings is 2. The predicted molar refractivity (Wildman–Crippen MR) is 98.1 cm³/mol. The molecule has 126 valence electrons. The van der Waals surface area contributed by atoms with E-state index in [-0.39, 0.29) is 23.9 Å². The SMILES string of the molecule is CCn1c(C2=C(O)CN(c3cccc(O)c3)C2=N)nc2ccccc21. The van der Waals surface area contributed by atoms with Crippen LogP contribution >= 0.6 is 0 Å². The fourth-order valence-corrected chi connectivity index (χ4v) is 3.28. The molecule has 6 nitrogen and oxygen atoms in total. The van der Waals surface area contributed by atoms with E-state index in [1.807, 2.05) is 35.8 Å². The van der Waals surface area contributed by atoms with Crippen LogP contribution in [0.3, 0.4) is 0 Å². The summed E-state index contributed by atoms with van der Waals surface area (Å²) in [5.41, 5.74) is 2.90. The fourth-order valence-electron chi connectivity index (χ4n) is 3.28. The molecule has 4 rings (SSSR count). The Bertz CT molecular complexity index is 1020. The van der Waals surface area contributed by atoms with Gasteiger partial charge in [-0.3, -0.25) is 5.41 Å². The van der Waals surface area contributed by atoms with Gasteiger partial charge in [0.15, 0.2) is 0 Å². The van der Waals surface area contributed by atoms with Crippen LogP contribution in [0.5, 0.6) is 5.75 Å². The summed E-state index contributed by atoms with van der Waals surface area (Å²) < 4.78 is 2.00. The Balaban J connectivity index is 1.81. The molecule has 1 aromatic heterocycles. The molecular formula is C19H18N4O2. The van der Waals surface area contributed by atoms with Crippen molar-refractivity contribution in [3.05, 3.63) is 60.1 Å². The average Bonchev–Trinajstić information content (AvgIpc) is 3.11. The summed E-state index contributed by atoms with van der Waals surface area (Å²) in [7, 11) is 0. The van der Waals surface area contributed by atoms with Crippen molar-refractivity contribution in [3.8, 4) is 5.75 Å². The number of aliphatic hydroxyl groups is 1. The number of fused-ring (bicyclic) bond motifs is 1. The second-order valence-corrected chi connectivity index (χ2v) is 5.94. The van der Waals surface area contributed by atoms with Gasteiger partial charge in [0, 0.05) is 18.3 Å². The Morgan fingerprint density at radius 2 is 1.92 bits per heavy atom. The van der Waals surface area contributed by atoms with Crippen LogP contribution in [0.15, 0.2) is 54.3 Å². The highest BCUT2D eigenvalue weighted by Gasteiger charge is 2.32.